The van der Waals surface area contributed by atoms with Crippen molar-refractivity contribution >= 4 is 34.8 Å². The number of hydrogen-bond donors (Lipinski definition) is 1. The molecule has 0 radical (unpaired) electrons. The standard InChI is InChI=1S/C24H29ClN4O2/c1-17-7-8-20(25)16-22(17)28-13-11-27(12-14-28)10-9-26-24(31)23-15-19-5-3-4-6-21(19)29(23)18(2)30/h3-8,16,23H,9-15H2,1-2H3,(H,26,31)/t23-/m1/s1. The average molecular weight is 441 g/mol. The van der Waals surface area contributed by atoms with Gasteiger partial charge in [0.15, 0.2) is 0 Å². The van der Waals surface area contributed by atoms with Gasteiger partial charge >= 0.3 is 0 Å². The van der Waals surface area contributed by atoms with Gasteiger partial charge in [-0.05, 0) is 36.2 Å². The molecular weight excluding hydrogens is 412 g/mol. The van der Waals surface area contributed by atoms with Crippen molar-refractivity contribution in [1.82, 2.24) is 10.2 Å². The highest BCUT2D eigenvalue weighted by atomic mass is 35.5. The van der Waals surface area contributed by atoms with Crippen LogP contribution in [0.25, 0.3) is 0 Å². The second-order valence-electron chi connectivity index (χ2n) is 8.29. The zero-order chi connectivity index (χ0) is 22.0. The molecular formula is C24H29ClN4O2. The lowest BCUT2D eigenvalue weighted by molar-refractivity contribution is -0.125. The molecule has 1 N–H and O–H groups in total. The highest BCUT2D eigenvalue weighted by molar-refractivity contribution is 6.30. The highest BCUT2D eigenvalue weighted by Crippen LogP contribution is 2.32. The Bertz CT molecular complexity index is 972. The van der Waals surface area contributed by atoms with Crippen LogP contribution in [0, 0.1) is 6.92 Å². The summed E-state index contributed by atoms with van der Waals surface area (Å²) < 4.78 is 0. The van der Waals surface area contributed by atoms with Gasteiger partial charge in [0.2, 0.25) is 11.8 Å². The quantitative estimate of drug-likeness (QED) is 0.776. The number of anilines is 2. The molecule has 31 heavy (non-hydrogen) atoms. The third-order valence-electron chi connectivity index (χ3n) is 6.23. The largest absolute Gasteiger partial charge is 0.369 e. The maximum Gasteiger partial charge on any atom is 0.243 e. The molecule has 1 saturated heterocycles. The lowest BCUT2D eigenvalue weighted by atomic mass is 10.1. The number of benzene rings is 2. The van der Waals surface area contributed by atoms with Crippen LogP contribution in [0.15, 0.2) is 42.5 Å². The van der Waals surface area contributed by atoms with Gasteiger partial charge in [0, 0.05) is 69.0 Å². The van der Waals surface area contributed by atoms with E-state index in [9.17, 15) is 9.59 Å². The fourth-order valence-corrected chi connectivity index (χ4v) is 4.74. The number of hydrogen-bond acceptors (Lipinski definition) is 4. The van der Waals surface area contributed by atoms with Gasteiger partial charge < -0.3 is 10.2 Å². The lowest BCUT2D eigenvalue weighted by Crippen LogP contribution is -2.51. The number of piperazine rings is 1. The monoisotopic (exact) mass is 440 g/mol. The first-order valence-electron chi connectivity index (χ1n) is 10.8. The first kappa shape index (κ1) is 21.7. The Labute approximate surface area is 188 Å². The minimum absolute atomic E-state index is 0.0837. The summed E-state index contributed by atoms with van der Waals surface area (Å²) in [6.45, 7) is 8.76. The van der Waals surface area contributed by atoms with E-state index < -0.39 is 6.04 Å². The van der Waals surface area contributed by atoms with E-state index in [-0.39, 0.29) is 11.8 Å². The normalized spacial score (nSPS) is 18.7. The molecule has 0 aliphatic carbocycles. The second kappa shape index (κ2) is 9.28. The van der Waals surface area contributed by atoms with Crippen molar-refractivity contribution in [1.29, 1.82) is 0 Å². The SMILES string of the molecule is CC(=O)N1c2ccccc2C[C@@H]1C(=O)NCCN1CCN(c2cc(Cl)ccc2C)CC1. The lowest BCUT2D eigenvalue weighted by Gasteiger charge is -2.37. The molecule has 2 aromatic carbocycles. The predicted octanol–water partition coefficient (Wildman–Crippen LogP) is 2.86. The summed E-state index contributed by atoms with van der Waals surface area (Å²) in [5.74, 6) is -0.183. The summed E-state index contributed by atoms with van der Waals surface area (Å²) in [6, 6.07) is 13.3. The van der Waals surface area contributed by atoms with Crippen LogP contribution >= 0.6 is 11.6 Å². The zero-order valence-corrected chi connectivity index (χ0v) is 18.9. The van der Waals surface area contributed by atoms with Crippen molar-refractivity contribution in [3.05, 3.63) is 58.6 Å². The highest BCUT2D eigenvalue weighted by Gasteiger charge is 2.36. The molecule has 0 spiro atoms. The zero-order valence-electron chi connectivity index (χ0n) is 18.1. The van der Waals surface area contributed by atoms with Crippen molar-refractivity contribution in [2.24, 2.45) is 0 Å². The van der Waals surface area contributed by atoms with Crippen LogP contribution in [0.4, 0.5) is 11.4 Å². The minimum Gasteiger partial charge on any atom is -0.369 e. The molecule has 0 unspecified atom stereocenters. The van der Waals surface area contributed by atoms with Gasteiger partial charge in [0.1, 0.15) is 6.04 Å². The number of carbonyl (C=O) groups is 2. The van der Waals surface area contributed by atoms with E-state index in [0.29, 0.717) is 13.0 Å². The molecule has 4 rings (SSSR count). The van der Waals surface area contributed by atoms with Crippen LogP contribution in [0.2, 0.25) is 5.02 Å². The number of nitrogens with zero attached hydrogens (tertiary/aromatic N) is 3. The molecule has 164 valence electrons. The van der Waals surface area contributed by atoms with Gasteiger partial charge in [-0.1, -0.05) is 35.9 Å². The molecule has 2 aliphatic heterocycles. The molecule has 6 nitrogen and oxygen atoms in total. The Morgan fingerprint density at radius 2 is 1.81 bits per heavy atom. The van der Waals surface area contributed by atoms with Gasteiger partial charge in [0.05, 0.1) is 0 Å². The average Bonchev–Trinajstić information content (AvgIpc) is 3.16. The summed E-state index contributed by atoms with van der Waals surface area (Å²) >= 11 is 6.17. The number of amides is 2. The fourth-order valence-electron chi connectivity index (χ4n) is 4.58. The van der Waals surface area contributed by atoms with Crippen molar-refractivity contribution in [3.63, 3.8) is 0 Å². The van der Waals surface area contributed by atoms with Crippen molar-refractivity contribution in [3.8, 4) is 0 Å². The van der Waals surface area contributed by atoms with Crippen LogP contribution in [0.1, 0.15) is 18.1 Å². The Hall–Kier alpha value is -2.57. The van der Waals surface area contributed by atoms with Gasteiger partial charge in [-0.2, -0.15) is 0 Å². The summed E-state index contributed by atoms with van der Waals surface area (Å²) in [5, 5.41) is 3.81. The van der Waals surface area contributed by atoms with E-state index >= 15 is 0 Å². The number of aryl methyl sites for hydroxylation is 1. The van der Waals surface area contributed by atoms with E-state index in [2.05, 4.69) is 28.1 Å². The molecule has 1 atom stereocenters. The third-order valence-corrected chi connectivity index (χ3v) is 6.46. The molecule has 0 bridgehead atoms. The molecule has 1 fully saturated rings. The molecule has 0 saturated carbocycles. The Balaban J connectivity index is 1.26. The van der Waals surface area contributed by atoms with Crippen LogP contribution < -0.4 is 15.1 Å². The number of rotatable bonds is 5. The first-order chi connectivity index (χ1) is 14.9. The van der Waals surface area contributed by atoms with E-state index in [1.54, 1.807) is 4.90 Å². The molecule has 2 amide bonds. The van der Waals surface area contributed by atoms with Crippen molar-refractivity contribution in [2.45, 2.75) is 26.3 Å². The summed E-state index contributed by atoms with van der Waals surface area (Å²) in [5.41, 5.74) is 4.33. The molecule has 0 aromatic heterocycles. The van der Waals surface area contributed by atoms with Gasteiger partial charge in [-0.3, -0.25) is 19.4 Å². The van der Waals surface area contributed by atoms with Gasteiger partial charge in [0.25, 0.3) is 0 Å². The van der Waals surface area contributed by atoms with Crippen LogP contribution in [0.5, 0.6) is 0 Å². The summed E-state index contributed by atoms with van der Waals surface area (Å²) in [6.07, 6.45) is 0.569. The van der Waals surface area contributed by atoms with E-state index in [0.717, 1.165) is 49.0 Å². The number of halogens is 1. The second-order valence-corrected chi connectivity index (χ2v) is 8.72. The topological polar surface area (TPSA) is 55.9 Å². The molecule has 2 aromatic rings. The minimum atomic E-state index is -0.461. The Kier molecular flexibility index (Phi) is 6.49. The Morgan fingerprint density at radius 1 is 1.06 bits per heavy atom. The first-order valence-corrected chi connectivity index (χ1v) is 11.2. The maximum atomic E-state index is 12.8. The van der Waals surface area contributed by atoms with Crippen molar-refractivity contribution < 1.29 is 9.59 Å². The molecule has 2 heterocycles. The maximum absolute atomic E-state index is 12.8. The molecule has 2 aliphatic rings. The van der Waals surface area contributed by atoms with E-state index in [1.807, 2.05) is 36.4 Å². The van der Waals surface area contributed by atoms with Crippen LogP contribution in [-0.2, 0) is 16.0 Å². The number of fused-ring (bicyclic) bond motifs is 1. The van der Waals surface area contributed by atoms with Crippen molar-refractivity contribution in [2.75, 3.05) is 49.1 Å². The van der Waals surface area contributed by atoms with Gasteiger partial charge in [-0.15, -0.1) is 0 Å². The molecule has 7 heteroatoms. The number of carbonyl (C=O) groups excluding carboxylic acids is 2. The number of para-hydroxylation sites is 1. The van der Waals surface area contributed by atoms with Crippen LogP contribution in [-0.4, -0.2) is 62.0 Å². The van der Waals surface area contributed by atoms with E-state index in [1.165, 1.54) is 18.2 Å². The summed E-state index contributed by atoms with van der Waals surface area (Å²) in [7, 11) is 0. The third kappa shape index (κ3) is 4.70. The Morgan fingerprint density at radius 3 is 2.55 bits per heavy atom. The van der Waals surface area contributed by atoms with Crippen LogP contribution in [0.3, 0.4) is 0 Å². The van der Waals surface area contributed by atoms with E-state index in [4.69, 9.17) is 11.6 Å². The predicted molar refractivity (Wildman–Crippen MR) is 125 cm³/mol. The number of nitrogens with one attached hydrogen (secondary N) is 1. The fraction of sp³-hybridized carbons (Fsp3) is 0.417. The smallest absolute Gasteiger partial charge is 0.243 e. The summed E-state index contributed by atoms with van der Waals surface area (Å²) in [4.78, 5) is 31.4. The van der Waals surface area contributed by atoms with Gasteiger partial charge in [-0.25, -0.2) is 0 Å².